The normalized spacial score (nSPS) is 18.0. The van der Waals surface area contributed by atoms with Gasteiger partial charge in [-0.1, -0.05) is 30.4 Å². The molecule has 0 spiro atoms. The Kier molecular flexibility index (Phi) is 6.17. The summed E-state index contributed by atoms with van der Waals surface area (Å²) >= 11 is 0. The van der Waals surface area contributed by atoms with E-state index in [-0.39, 0.29) is 23.1 Å². The van der Waals surface area contributed by atoms with Gasteiger partial charge in [0.15, 0.2) is 5.43 Å². The topological polar surface area (TPSA) is 117 Å². The number of nitro groups is 1. The average molecular weight is 407 g/mol. The number of para-hydroxylation sites is 1. The minimum absolute atomic E-state index is 0.0353. The smallest absolute Gasteiger partial charge is 0.317 e. The predicted molar refractivity (Wildman–Crippen MR) is 119 cm³/mol. The summed E-state index contributed by atoms with van der Waals surface area (Å²) < 4.78 is 0. The fourth-order valence-electron chi connectivity index (χ4n) is 3.50. The number of hydrogen-bond donors (Lipinski definition) is 3. The highest BCUT2D eigenvalue weighted by atomic mass is 16.6. The largest absolute Gasteiger partial charge is 0.381 e. The maximum Gasteiger partial charge on any atom is 0.317 e. The summed E-state index contributed by atoms with van der Waals surface area (Å²) in [5, 5.41) is 15.4. The van der Waals surface area contributed by atoms with E-state index in [0.29, 0.717) is 36.2 Å². The molecule has 3 rings (SSSR count). The van der Waals surface area contributed by atoms with Crippen LogP contribution in [0.5, 0.6) is 0 Å². The number of aromatic nitrogens is 1. The Hall–Kier alpha value is -3.65. The van der Waals surface area contributed by atoms with Gasteiger partial charge in [0, 0.05) is 41.2 Å². The van der Waals surface area contributed by atoms with Crippen molar-refractivity contribution in [3.8, 4) is 0 Å². The Morgan fingerprint density at radius 2 is 2.00 bits per heavy atom. The van der Waals surface area contributed by atoms with Gasteiger partial charge in [0.25, 0.3) is 0 Å². The number of fused-ring (bicyclic) bond motifs is 2. The number of nitrogens with zero attached hydrogens (tertiary/aromatic N) is 2. The molecule has 0 fully saturated rings. The van der Waals surface area contributed by atoms with Crippen molar-refractivity contribution in [2.45, 2.75) is 12.1 Å². The molecule has 8 heteroatoms. The molecule has 0 radical (unpaired) electrons. The van der Waals surface area contributed by atoms with Crippen molar-refractivity contribution in [3.63, 3.8) is 0 Å². The third-order valence-corrected chi connectivity index (χ3v) is 5.01. The lowest BCUT2D eigenvalue weighted by Gasteiger charge is -2.27. The lowest BCUT2D eigenvalue weighted by atomic mass is 9.89. The summed E-state index contributed by atoms with van der Waals surface area (Å²) in [4.78, 5) is 29.4. The van der Waals surface area contributed by atoms with Crippen LogP contribution in [0.25, 0.3) is 16.6 Å². The van der Waals surface area contributed by atoms with Gasteiger partial charge in [-0.2, -0.15) is 0 Å². The second-order valence-electron chi connectivity index (χ2n) is 7.05. The molecular formula is C22H25N5O3. The number of nitrogens with two attached hydrogens (primary N) is 1. The van der Waals surface area contributed by atoms with Gasteiger partial charge in [-0.15, -0.1) is 13.2 Å². The second kappa shape index (κ2) is 8.79. The molecular weight excluding hydrogens is 382 g/mol. The highest BCUT2D eigenvalue weighted by Crippen LogP contribution is 2.33. The molecule has 0 aliphatic heterocycles. The molecule has 156 valence electrons. The van der Waals surface area contributed by atoms with Gasteiger partial charge in [0.2, 0.25) is 0 Å². The SMILES string of the molecule is C=CCN(C=CCNC1=CCC(N)([N+](=O)[O-])c2[nH]c3ccccc3c(=O)c21)CC=C. The number of nitrogens with one attached hydrogen (secondary N) is 2. The highest BCUT2D eigenvalue weighted by Gasteiger charge is 2.46. The number of rotatable bonds is 9. The number of benzene rings is 1. The summed E-state index contributed by atoms with van der Waals surface area (Å²) in [5.41, 5.74) is 5.31. The molecule has 1 atom stereocenters. The molecule has 1 aromatic carbocycles. The van der Waals surface area contributed by atoms with Gasteiger partial charge in [-0.25, -0.2) is 0 Å². The van der Waals surface area contributed by atoms with Crippen LogP contribution in [0.15, 0.2) is 72.7 Å². The molecule has 0 amide bonds. The van der Waals surface area contributed by atoms with Crippen molar-refractivity contribution in [2.75, 3.05) is 19.6 Å². The van der Waals surface area contributed by atoms with Crippen molar-refractivity contribution >= 4 is 16.6 Å². The van der Waals surface area contributed by atoms with Crippen LogP contribution in [0.2, 0.25) is 0 Å². The molecule has 2 aromatic rings. The minimum Gasteiger partial charge on any atom is -0.381 e. The Bertz CT molecular complexity index is 1090. The third-order valence-electron chi connectivity index (χ3n) is 5.01. The summed E-state index contributed by atoms with van der Waals surface area (Å²) in [6.07, 6.45) is 8.99. The van der Waals surface area contributed by atoms with Crippen LogP contribution in [0, 0.1) is 10.1 Å². The summed E-state index contributed by atoms with van der Waals surface area (Å²) in [7, 11) is 0. The number of pyridine rings is 1. The molecule has 1 aliphatic rings. The van der Waals surface area contributed by atoms with Crippen molar-refractivity contribution in [1.82, 2.24) is 15.2 Å². The minimum atomic E-state index is -1.88. The van der Waals surface area contributed by atoms with E-state index >= 15 is 0 Å². The molecule has 0 saturated heterocycles. The molecule has 1 aromatic heterocycles. The predicted octanol–water partition coefficient (Wildman–Crippen LogP) is 2.44. The maximum atomic E-state index is 13.2. The van der Waals surface area contributed by atoms with E-state index in [1.165, 1.54) is 0 Å². The third kappa shape index (κ3) is 3.90. The van der Waals surface area contributed by atoms with Gasteiger partial charge in [-0.05, 0) is 24.4 Å². The molecule has 4 N–H and O–H groups in total. The van der Waals surface area contributed by atoms with Crippen LogP contribution in [0.3, 0.4) is 0 Å². The average Bonchev–Trinajstić information content (AvgIpc) is 2.73. The molecule has 1 unspecified atom stereocenters. The first kappa shape index (κ1) is 21.1. The van der Waals surface area contributed by atoms with Gasteiger partial charge in [-0.3, -0.25) is 20.6 Å². The van der Waals surface area contributed by atoms with E-state index in [4.69, 9.17) is 5.73 Å². The molecule has 1 heterocycles. The zero-order valence-corrected chi connectivity index (χ0v) is 16.6. The summed E-state index contributed by atoms with van der Waals surface area (Å²) in [5.74, 6) is 0. The Labute approximate surface area is 174 Å². The van der Waals surface area contributed by atoms with Crippen LogP contribution in [-0.4, -0.2) is 34.4 Å². The van der Waals surface area contributed by atoms with Crippen LogP contribution >= 0.6 is 0 Å². The van der Waals surface area contributed by atoms with E-state index in [1.807, 2.05) is 17.2 Å². The summed E-state index contributed by atoms with van der Waals surface area (Å²) in [6.45, 7) is 9.25. The maximum absolute atomic E-state index is 13.2. The van der Waals surface area contributed by atoms with E-state index in [2.05, 4.69) is 23.5 Å². The van der Waals surface area contributed by atoms with Crippen molar-refractivity contribution in [2.24, 2.45) is 5.73 Å². The Morgan fingerprint density at radius 3 is 2.67 bits per heavy atom. The zero-order chi connectivity index (χ0) is 21.7. The fraction of sp³-hybridized carbons (Fsp3) is 0.227. The molecule has 0 saturated carbocycles. The van der Waals surface area contributed by atoms with Gasteiger partial charge in [0.1, 0.15) is 5.69 Å². The van der Waals surface area contributed by atoms with E-state index in [0.717, 1.165) is 0 Å². The van der Waals surface area contributed by atoms with Crippen molar-refractivity contribution < 1.29 is 4.92 Å². The fourth-order valence-corrected chi connectivity index (χ4v) is 3.50. The van der Waals surface area contributed by atoms with Gasteiger partial charge >= 0.3 is 5.66 Å². The first-order chi connectivity index (χ1) is 14.4. The van der Waals surface area contributed by atoms with Crippen LogP contribution in [0.4, 0.5) is 0 Å². The van der Waals surface area contributed by atoms with E-state index in [1.54, 1.807) is 42.5 Å². The quantitative estimate of drug-likeness (QED) is 0.254. The van der Waals surface area contributed by atoms with E-state index < -0.39 is 10.6 Å². The zero-order valence-electron chi connectivity index (χ0n) is 16.6. The number of aromatic amines is 1. The molecule has 0 bridgehead atoms. The summed E-state index contributed by atoms with van der Waals surface area (Å²) in [6, 6.07) is 6.91. The Morgan fingerprint density at radius 1 is 1.30 bits per heavy atom. The van der Waals surface area contributed by atoms with Crippen LogP contribution in [0.1, 0.15) is 17.7 Å². The van der Waals surface area contributed by atoms with Crippen molar-refractivity contribution in [3.05, 3.63) is 99.5 Å². The second-order valence-corrected chi connectivity index (χ2v) is 7.05. The lowest BCUT2D eigenvalue weighted by molar-refractivity contribution is -0.579. The lowest BCUT2D eigenvalue weighted by Crippen LogP contribution is -2.49. The highest BCUT2D eigenvalue weighted by molar-refractivity contribution is 5.84. The molecule has 30 heavy (non-hydrogen) atoms. The van der Waals surface area contributed by atoms with Gasteiger partial charge < -0.3 is 15.2 Å². The standard InChI is InChI=1S/C22H25N5O3/c1-3-13-26(14-4-2)15-7-12-24-18-10-11-22(23,27(29)30)21-19(18)20(28)16-8-5-6-9-17(16)25-21/h3-10,15,24H,1-2,11-14,23H2,(H,25,28). The van der Waals surface area contributed by atoms with E-state index in [9.17, 15) is 14.9 Å². The first-order valence-electron chi connectivity index (χ1n) is 9.58. The molecule has 8 nitrogen and oxygen atoms in total. The number of H-pyrrole nitrogens is 1. The van der Waals surface area contributed by atoms with Crippen LogP contribution < -0.4 is 16.5 Å². The molecule has 1 aliphatic carbocycles. The number of hydrogen-bond acceptors (Lipinski definition) is 6. The van der Waals surface area contributed by atoms with Gasteiger partial charge in [0.05, 0.1) is 12.0 Å². The van der Waals surface area contributed by atoms with Crippen LogP contribution in [-0.2, 0) is 5.66 Å². The first-order valence-corrected chi connectivity index (χ1v) is 9.58. The van der Waals surface area contributed by atoms with Crippen molar-refractivity contribution in [1.29, 1.82) is 0 Å². The Balaban J connectivity index is 1.95. The monoisotopic (exact) mass is 407 g/mol.